The van der Waals surface area contributed by atoms with Crippen LogP contribution in [0.3, 0.4) is 0 Å². The lowest BCUT2D eigenvalue weighted by Gasteiger charge is -2.05. The zero-order valence-electron chi connectivity index (χ0n) is 15.3. The minimum atomic E-state index is -0.0271. The number of aromatic nitrogens is 5. The molecule has 0 aliphatic heterocycles. The predicted molar refractivity (Wildman–Crippen MR) is 105 cm³/mol. The summed E-state index contributed by atoms with van der Waals surface area (Å²) in [5, 5.41) is 14.9. The third-order valence-corrected chi connectivity index (χ3v) is 4.77. The van der Waals surface area contributed by atoms with E-state index in [0.717, 1.165) is 35.4 Å². The van der Waals surface area contributed by atoms with Crippen molar-refractivity contribution in [1.82, 2.24) is 29.7 Å². The number of hydrogen-bond acceptors (Lipinski definition) is 5. The zero-order chi connectivity index (χ0) is 19.1. The maximum atomic E-state index is 12.1. The molecule has 8 nitrogen and oxygen atoms in total. The molecule has 0 unspecified atom stereocenters. The highest BCUT2D eigenvalue weighted by Gasteiger charge is 2.23. The van der Waals surface area contributed by atoms with E-state index >= 15 is 0 Å². The number of rotatable bonds is 5. The van der Waals surface area contributed by atoms with E-state index in [2.05, 4.69) is 25.8 Å². The number of anilines is 2. The summed E-state index contributed by atoms with van der Waals surface area (Å²) in [6.07, 6.45) is 5.77. The van der Waals surface area contributed by atoms with Crippen LogP contribution in [0, 0.1) is 0 Å². The van der Waals surface area contributed by atoms with E-state index in [1.807, 2.05) is 48.3 Å². The average molecular weight is 373 g/mol. The molecule has 2 N–H and O–H groups in total. The molecule has 3 aromatic heterocycles. The number of amides is 1. The van der Waals surface area contributed by atoms with E-state index in [1.165, 1.54) is 0 Å². The van der Waals surface area contributed by atoms with Crippen molar-refractivity contribution in [3.63, 3.8) is 0 Å². The lowest BCUT2D eigenvalue weighted by Crippen LogP contribution is -2.25. The van der Waals surface area contributed by atoms with Gasteiger partial charge in [0.1, 0.15) is 0 Å². The molecule has 1 saturated carbocycles. The molecule has 140 valence electrons. The van der Waals surface area contributed by atoms with Crippen LogP contribution >= 0.6 is 0 Å². The fourth-order valence-corrected chi connectivity index (χ4v) is 3.13. The highest BCUT2D eigenvalue weighted by Crippen LogP contribution is 2.24. The maximum absolute atomic E-state index is 12.1. The quantitative estimate of drug-likeness (QED) is 0.561. The number of hydrogen-bond donors (Lipinski definition) is 2. The Morgan fingerprint density at radius 3 is 2.68 bits per heavy atom. The standard InChI is InChI=1S/C20H19N7O/c1-26-17(10-11-21-26)16-3-2-12-27-18(16)24-20(25-27)23-15-6-4-13(5-7-15)19(28)22-14-8-9-14/h2-7,10-12,14H,8-9H2,1H3,(H,22,28)(H,23,25). The van der Waals surface area contributed by atoms with Gasteiger partial charge >= 0.3 is 0 Å². The van der Waals surface area contributed by atoms with Crippen molar-refractivity contribution in [3.8, 4) is 11.3 Å². The molecule has 3 heterocycles. The number of benzene rings is 1. The van der Waals surface area contributed by atoms with Gasteiger partial charge in [-0.3, -0.25) is 9.48 Å². The summed E-state index contributed by atoms with van der Waals surface area (Å²) in [6.45, 7) is 0. The zero-order valence-corrected chi connectivity index (χ0v) is 15.3. The SMILES string of the molecule is Cn1nccc1-c1cccn2nc(Nc3ccc(C(=O)NC4CC4)cc3)nc12. The van der Waals surface area contributed by atoms with Crippen molar-refractivity contribution in [2.75, 3.05) is 5.32 Å². The molecule has 1 aliphatic carbocycles. The number of nitrogens with zero attached hydrogens (tertiary/aromatic N) is 5. The van der Waals surface area contributed by atoms with E-state index in [9.17, 15) is 4.79 Å². The van der Waals surface area contributed by atoms with Gasteiger partial charge in [-0.15, -0.1) is 5.10 Å². The molecule has 1 aliphatic rings. The molecule has 1 fully saturated rings. The Hall–Kier alpha value is -3.68. The summed E-state index contributed by atoms with van der Waals surface area (Å²) in [4.78, 5) is 16.7. The van der Waals surface area contributed by atoms with Gasteiger partial charge in [0, 0.05) is 42.3 Å². The second-order valence-electron chi connectivity index (χ2n) is 6.92. The van der Waals surface area contributed by atoms with Crippen molar-refractivity contribution in [2.45, 2.75) is 18.9 Å². The summed E-state index contributed by atoms with van der Waals surface area (Å²) in [5.74, 6) is 0.463. The lowest BCUT2D eigenvalue weighted by atomic mass is 10.2. The van der Waals surface area contributed by atoms with Gasteiger partial charge in [-0.05, 0) is 55.3 Å². The first-order chi connectivity index (χ1) is 13.7. The molecule has 1 aromatic carbocycles. The third-order valence-electron chi connectivity index (χ3n) is 4.77. The second kappa shape index (κ2) is 6.49. The lowest BCUT2D eigenvalue weighted by molar-refractivity contribution is 0.0951. The minimum Gasteiger partial charge on any atom is -0.349 e. The summed E-state index contributed by atoms with van der Waals surface area (Å²) in [5.41, 5.74) is 4.14. The number of fused-ring (bicyclic) bond motifs is 1. The summed E-state index contributed by atoms with van der Waals surface area (Å²) in [7, 11) is 1.90. The van der Waals surface area contributed by atoms with E-state index < -0.39 is 0 Å². The molecular weight excluding hydrogens is 354 g/mol. The van der Waals surface area contributed by atoms with E-state index in [0.29, 0.717) is 17.6 Å². The molecule has 1 amide bonds. The van der Waals surface area contributed by atoms with Gasteiger partial charge in [0.15, 0.2) is 5.65 Å². The van der Waals surface area contributed by atoms with Gasteiger partial charge in [-0.2, -0.15) is 10.1 Å². The van der Waals surface area contributed by atoms with Crippen LogP contribution in [0.2, 0.25) is 0 Å². The largest absolute Gasteiger partial charge is 0.349 e. The van der Waals surface area contributed by atoms with Gasteiger partial charge in [0.25, 0.3) is 5.91 Å². The first-order valence-electron chi connectivity index (χ1n) is 9.19. The van der Waals surface area contributed by atoms with Crippen molar-refractivity contribution >= 4 is 23.2 Å². The van der Waals surface area contributed by atoms with Crippen molar-refractivity contribution < 1.29 is 4.79 Å². The first kappa shape index (κ1) is 16.5. The van der Waals surface area contributed by atoms with Gasteiger partial charge < -0.3 is 10.6 Å². The highest BCUT2D eigenvalue weighted by molar-refractivity contribution is 5.95. The number of carbonyl (C=O) groups is 1. The molecule has 0 radical (unpaired) electrons. The Balaban J connectivity index is 1.39. The first-order valence-corrected chi connectivity index (χ1v) is 9.19. The summed E-state index contributed by atoms with van der Waals surface area (Å²) < 4.78 is 3.55. The number of nitrogens with one attached hydrogen (secondary N) is 2. The Morgan fingerprint density at radius 2 is 1.96 bits per heavy atom. The van der Waals surface area contributed by atoms with Gasteiger partial charge in [-0.1, -0.05) is 0 Å². The smallest absolute Gasteiger partial charge is 0.251 e. The van der Waals surface area contributed by atoms with Gasteiger partial charge in [0.05, 0.1) is 5.69 Å². The van der Waals surface area contributed by atoms with E-state index in [1.54, 1.807) is 22.8 Å². The molecule has 0 atom stereocenters. The fraction of sp³-hybridized carbons (Fsp3) is 0.200. The molecule has 0 saturated heterocycles. The second-order valence-corrected chi connectivity index (χ2v) is 6.92. The average Bonchev–Trinajstić information content (AvgIpc) is 3.25. The molecule has 4 aromatic rings. The monoisotopic (exact) mass is 373 g/mol. The van der Waals surface area contributed by atoms with Crippen LogP contribution in [0.4, 0.5) is 11.6 Å². The molecule has 5 rings (SSSR count). The summed E-state index contributed by atoms with van der Waals surface area (Å²) in [6, 6.07) is 13.5. The Morgan fingerprint density at radius 1 is 1.14 bits per heavy atom. The number of pyridine rings is 1. The van der Waals surface area contributed by atoms with Crippen molar-refractivity contribution in [2.24, 2.45) is 7.05 Å². The summed E-state index contributed by atoms with van der Waals surface area (Å²) >= 11 is 0. The third kappa shape index (κ3) is 3.09. The Kier molecular flexibility index (Phi) is 3.82. The van der Waals surface area contributed by atoms with Gasteiger partial charge in [-0.25, -0.2) is 4.52 Å². The van der Waals surface area contributed by atoms with Crippen LogP contribution in [0.5, 0.6) is 0 Å². The highest BCUT2D eigenvalue weighted by atomic mass is 16.1. The van der Waals surface area contributed by atoms with Crippen LogP contribution < -0.4 is 10.6 Å². The predicted octanol–water partition coefficient (Wildman–Crippen LogP) is 2.77. The van der Waals surface area contributed by atoms with E-state index in [-0.39, 0.29) is 5.91 Å². The molecule has 0 bridgehead atoms. The molecule has 28 heavy (non-hydrogen) atoms. The number of aryl methyl sites for hydroxylation is 1. The van der Waals surface area contributed by atoms with Gasteiger partial charge in [0.2, 0.25) is 5.95 Å². The fourth-order valence-electron chi connectivity index (χ4n) is 3.13. The Bertz CT molecular complexity index is 1150. The van der Waals surface area contributed by atoms with Crippen LogP contribution in [0.15, 0.2) is 54.9 Å². The number of carbonyl (C=O) groups excluding carboxylic acids is 1. The molecule has 8 heteroatoms. The van der Waals surface area contributed by atoms with Crippen LogP contribution in [-0.4, -0.2) is 36.3 Å². The molecular formula is C20H19N7O. The topological polar surface area (TPSA) is 89.1 Å². The maximum Gasteiger partial charge on any atom is 0.251 e. The van der Waals surface area contributed by atoms with Crippen molar-refractivity contribution in [3.05, 3.63) is 60.4 Å². The van der Waals surface area contributed by atoms with Crippen LogP contribution in [0.1, 0.15) is 23.2 Å². The Labute approximate surface area is 161 Å². The minimum absolute atomic E-state index is 0.0271. The normalized spacial score (nSPS) is 13.6. The van der Waals surface area contributed by atoms with Crippen LogP contribution in [-0.2, 0) is 7.05 Å². The van der Waals surface area contributed by atoms with E-state index in [4.69, 9.17) is 0 Å². The van der Waals surface area contributed by atoms with Crippen LogP contribution in [0.25, 0.3) is 16.9 Å². The molecule has 0 spiro atoms. The van der Waals surface area contributed by atoms with Crippen molar-refractivity contribution in [1.29, 1.82) is 0 Å².